The van der Waals surface area contributed by atoms with Crippen LogP contribution < -0.4 is 0 Å². The Balaban J connectivity index is 2.05. The van der Waals surface area contributed by atoms with E-state index in [1.54, 1.807) is 20.8 Å². The molecular formula is C16H21F2NO3. The van der Waals surface area contributed by atoms with Crippen LogP contribution in [0.1, 0.15) is 45.1 Å². The molecule has 0 aromatic heterocycles. The lowest BCUT2D eigenvalue weighted by molar-refractivity contribution is -0.0492. The van der Waals surface area contributed by atoms with E-state index in [4.69, 9.17) is 4.74 Å². The highest BCUT2D eigenvalue weighted by Crippen LogP contribution is 2.32. The zero-order valence-electron chi connectivity index (χ0n) is 13.0. The first-order valence-corrected chi connectivity index (χ1v) is 7.29. The molecule has 0 radical (unpaired) electrons. The van der Waals surface area contributed by atoms with Crippen molar-refractivity contribution >= 4 is 6.09 Å². The van der Waals surface area contributed by atoms with Crippen molar-refractivity contribution in [2.24, 2.45) is 0 Å². The SMILES string of the molecule is CC(C)(C)OC(=O)N1CCC(c2cc(F)cc(F)c2)CC1O. The molecule has 6 heteroatoms. The van der Waals surface area contributed by atoms with Crippen molar-refractivity contribution in [3.63, 3.8) is 0 Å². The summed E-state index contributed by atoms with van der Waals surface area (Å²) in [5, 5.41) is 10.1. The summed E-state index contributed by atoms with van der Waals surface area (Å²) in [5.41, 5.74) is -0.139. The van der Waals surface area contributed by atoms with Crippen LogP contribution in [0.15, 0.2) is 18.2 Å². The molecule has 1 saturated heterocycles. The van der Waals surface area contributed by atoms with Crippen LogP contribution in [-0.4, -0.2) is 34.5 Å². The van der Waals surface area contributed by atoms with Gasteiger partial charge in [0.05, 0.1) is 0 Å². The fourth-order valence-corrected chi connectivity index (χ4v) is 2.59. The van der Waals surface area contributed by atoms with Crippen molar-refractivity contribution in [3.05, 3.63) is 35.4 Å². The third kappa shape index (κ3) is 4.16. The normalized spacial score (nSPS) is 22.5. The van der Waals surface area contributed by atoms with Crippen LogP contribution in [0, 0.1) is 11.6 Å². The Morgan fingerprint density at radius 3 is 2.36 bits per heavy atom. The van der Waals surface area contributed by atoms with Crippen molar-refractivity contribution in [2.75, 3.05) is 6.54 Å². The highest BCUT2D eigenvalue weighted by Gasteiger charge is 2.33. The topological polar surface area (TPSA) is 49.8 Å². The standard InChI is InChI=1S/C16H21F2NO3/c1-16(2,3)22-15(21)19-5-4-10(8-14(19)20)11-6-12(17)9-13(18)7-11/h6-7,9-10,14,20H,4-5,8H2,1-3H3. The molecule has 2 atom stereocenters. The molecule has 1 amide bonds. The van der Waals surface area contributed by atoms with Crippen molar-refractivity contribution in [1.29, 1.82) is 0 Å². The van der Waals surface area contributed by atoms with E-state index < -0.39 is 29.6 Å². The minimum Gasteiger partial charge on any atom is -0.444 e. The lowest BCUT2D eigenvalue weighted by Crippen LogP contribution is -2.47. The van der Waals surface area contributed by atoms with Crippen LogP contribution in [-0.2, 0) is 4.74 Å². The Morgan fingerprint density at radius 2 is 1.86 bits per heavy atom. The van der Waals surface area contributed by atoms with Crippen molar-refractivity contribution in [2.45, 2.75) is 51.4 Å². The molecule has 1 aromatic rings. The van der Waals surface area contributed by atoms with Gasteiger partial charge >= 0.3 is 6.09 Å². The Bertz CT molecular complexity index is 537. The number of amides is 1. The molecule has 4 nitrogen and oxygen atoms in total. The van der Waals surface area contributed by atoms with Crippen LogP contribution in [0.3, 0.4) is 0 Å². The molecule has 1 N–H and O–H groups in total. The molecule has 0 bridgehead atoms. The predicted molar refractivity (Wildman–Crippen MR) is 77.3 cm³/mol. The Labute approximate surface area is 128 Å². The molecule has 1 heterocycles. The molecule has 1 aromatic carbocycles. The average Bonchev–Trinajstić information content (AvgIpc) is 2.35. The molecule has 0 saturated carbocycles. The van der Waals surface area contributed by atoms with Gasteiger partial charge in [-0.2, -0.15) is 0 Å². The number of aliphatic hydroxyl groups excluding tert-OH is 1. The minimum absolute atomic E-state index is 0.195. The van der Waals surface area contributed by atoms with E-state index in [1.807, 2.05) is 0 Å². The quantitative estimate of drug-likeness (QED) is 0.864. The number of carbonyl (C=O) groups is 1. The molecule has 1 aliphatic rings. The van der Waals surface area contributed by atoms with Gasteiger partial charge in [-0.3, -0.25) is 4.90 Å². The van der Waals surface area contributed by atoms with Crippen molar-refractivity contribution in [3.8, 4) is 0 Å². The average molecular weight is 313 g/mol. The number of aliphatic hydroxyl groups is 1. The number of piperidine rings is 1. The molecule has 1 aliphatic heterocycles. The highest BCUT2D eigenvalue weighted by atomic mass is 19.1. The first-order chi connectivity index (χ1) is 10.2. The van der Waals surface area contributed by atoms with Gasteiger partial charge in [0, 0.05) is 12.6 Å². The number of halogens is 2. The van der Waals surface area contributed by atoms with Gasteiger partial charge in [-0.05, 0) is 57.2 Å². The summed E-state index contributed by atoms with van der Waals surface area (Å²) in [6.45, 7) is 5.53. The van der Waals surface area contributed by atoms with Gasteiger partial charge in [0.25, 0.3) is 0 Å². The first kappa shape index (κ1) is 16.7. The van der Waals surface area contributed by atoms with Crippen LogP contribution >= 0.6 is 0 Å². The van der Waals surface area contributed by atoms with Gasteiger partial charge in [0.1, 0.15) is 23.5 Å². The van der Waals surface area contributed by atoms with E-state index in [1.165, 1.54) is 17.0 Å². The molecule has 22 heavy (non-hydrogen) atoms. The highest BCUT2D eigenvalue weighted by molar-refractivity contribution is 5.68. The number of carbonyl (C=O) groups excluding carboxylic acids is 1. The summed E-state index contributed by atoms with van der Waals surface area (Å²) in [7, 11) is 0. The number of nitrogens with zero attached hydrogens (tertiary/aromatic N) is 1. The zero-order chi connectivity index (χ0) is 16.5. The zero-order valence-corrected chi connectivity index (χ0v) is 13.0. The van der Waals surface area contributed by atoms with Crippen molar-refractivity contribution in [1.82, 2.24) is 4.90 Å². The van der Waals surface area contributed by atoms with E-state index >= 15 is 0 Å². The summed E-state index contributed by atoms with van der Waals surface area (Å²) in [4.78, 5) is 13.2. The molecular weight excluding hydrogens is 292 g/mol. The largest absolute Gasteiger partial charge is 0.444 e. The predicted octanol–water partition coefficient (Wildman–Crippen LogP) is 3.40. The van der Waals surface area contributed by atoms with Crippen LogP contribution in [0.5, 0.6) is 0 Å². The summed E-state index contributed by atoms with van der Waals surface area (Å²) >= 11 is 0. The number of rotatable bonds is 1. The van der Waals surface area contributed by atoms with Crippen LogP contribution in [0.2, 0.25) is 0 Å². The van der Waals surface area contributed by atoms with Gasteiger partial charge in [-0.1, -0.05) is 0 Å². The third-order valence-corrected chi connectivity index (χ3v) is 3.56. The fourth-order valence-electron chi connectivity index (χ4n) is 2.59. The lowest BCUT2D eigenvalue weighted by atomic mass is 9.88. The summed E-state index contributed by atoms with van der Waals surface area (Å²) in [6, 6.07) is 3.35. The van der Waals surface area contributed by atoms with E-state index in [-0.39, 0.29) is 18.9 Å². The summed E-state index contributed by atoms with van der Waals surface area (Å²) < 4.78 is 31.8. The maximum Gasteiger partial charge on any atom is 0.412 e. The Kier molecular flexibility index (Phi) is 4.70. The first-order valence-electron chi connectivity index (χ1n) is 7.29. The van der Waals surface area contributed by atoms with Gasteiger partial charge in [0.2, 0.25) is 0 Å². The minimum atomic E-state index is -1.03. The number of likely N-dealkylation sites (tertiary alicyclic amines) is 1. The number of benzene rings is 1. The van der Waals surface area contributed by atoms with Crippen molar-refractivity contribution < 1.29 is 23.4 Å². The fraction of sp³-hybridized carbons (Fsp3) is 0.562. The van der Waals surface area contributed by atoms with E-state index in [2.05, 4.69) is 0 Å². The molecule has 2 rings (SSSR count). The number of ether oxygens (including phenoxy) is 1. The number of hydrogen-bond acceptors (Lipinski definition) is 3. The van der Waals surface area contributed by atoms with Gasteiger partial charge < -0.3 is 9.84 Å². The smallest absolute Gasteiger partial charge is 0.412 e. The number of hydrogen-bond donors (Lipinski definition) is 1. The van der Waals surface area contributed by atoms with Gasteiger partial charge in [-0.15, -0.1) is 0 Å². The molecule has 2 unspecified atom stereocenters. The lowest BCUT2D eigenvalue weighted by Gasteiger charge is -2.37. The molecule has 0 aliphatic carbocycles. The maximum absolute atomic E-state index is 13.3. The Morgan fingerprint density at radius 1 is 1.27 bits per heavy atom. The summed E-state index contributed by atoms with van der Waals surface area (Å²) in [6.07, 6.45) is -0.870. The van der Waals surface area contributed by atoms with E-state index in [0.29, 0.717) is 12.0 Å². The van der Waals surface area contributed by atoms with Gasteiger partial charge in [0.15, 0.2) is 0 Å². The second-order valence-electron chi connectivity index (χ2n) is 6.58. The van der Waals surface area contributed by atoms with E-state index in [9.17, 15) is 18.7 Å². The monoisotopic (exact) mass is 313 g/mol. The molecule has 0 spiro atoms. The summed E-state index contributed by atoms with van der Waals surface area (Å²) in [5.74, 6) is -1.47. The third-order valence-electron chi connectivity index (χ3n) is 3.56. The second-order valence-corrected chi connectivity index (χ2v) is 6.58. The Hall–Kier alpha value is -1.69. The molecule has 122 valence electrons. The van der Waals surface area contributed by atoms with Gasteiger partial charge in [-0.25, -0.2) is 13.6 Å². The molecule has 1 fully saturated rings. The maximum atomic E-state index is 13.3. The second kappa shape index (κ2) is 6.20. The van der Waals surface area contributed by atoms with Crippen LogP contribution in [0.4, 0.5) is 13.6 Å². The van der Waals surface area contributed by atoms with E-state index in [0.717, 1.165) is 6.07 Å². The van der Waals surface area contributed by atoms with Crippen LogP contribution in [0.25, 0.3) is 0 Å².